The number of aryl methyl sites for hydroxylation is 2. The number of fused-ring (bicyclic) bond motifs is 2. The van der Waals surface area contributed by atoms with Gasteiger partial charge >= 0.3 is 17.1 Å². The van der Waals surface area contributed by atoms with Gasteiger partial charge in [-0.1, -0.05) is 42.8 Å². The minimum absolute atomic E-state index is 0. The molecule has 0 bridgehead atoms. The van der Waals surface area contributed by atoms with E-state index in [4.69, 9.17) is 10.8 Å². The quantitative estimate of drug-likeness (QED) is 0.100. The summed E-state index contributed by atoms with van der Waals surface area (Å²) in [5, 5.41) is 53.4. The Bertz CT molecular complexity index is 1760. The van der Waals surface area contributed by atoms with Crippen LogP contribution >= 0.6 is 0 Å². The molecule has 0 amide bonds. The molecule has 0 aliphatic heterocycles. The Balaban J connectivity index is 0.000000954. The van der Waals surface area contributed by atoms with Crippen molar-refractivity contribution in [3.8, 4) is 11.5 Å². The SMILES string of the molecule is CCCNc1ccc2cc(C)c(N=Nc3ccc(N=Nc4ccc5cc(C)ccc5c4)cc3O)c(O)c2c1.[Cu+].[NH-]CCO. The Kier molecular flexibility index (Phi) is 12.2. The Morgan fingerprint density at radius 1 is 0.744 bits per heavy atom. The molecular weight excluding hydrogens is 592 g/mol. The summed E-state index contributed by atoms with van der Waals surface area (Å²) >= 11 is 0. The molecule has 0 aromatic heterocycles. The minimum Gasteiger partial charge on any atom is -0.676 e. The third-order valence-electron chi connectivity index (χ3n) is 6.45. The van der Waals surface area contributed by atoms with Crippen LogP contribution in [0.4, 0.5) is 28.4 Å². The molecule has 0 spiro atoms. The van der Waals surface area contributed by atoms with Gasteiger partial charge in [0.05, 0.1) is 11.4 Å². The van der Waals surface area contributed by atoms with Gasteiger partial charge in [0.1, 0.15) is 17.1 Å². The van der Waals surface area contributed by atoms with Crippen molar-refractivity contribution in [2.24, 2.45) is 20.5 Å². The fourth-order valence-electron chi connectivity index (χ4n) is 4.30. The molecule has 5 aromatic rings. The number of phenolic OH excluding ortho intramolecular Hbond substituents is 2. The van der Waals surface area contributed by atoms with Crippen LogP contribution in [0.15, 0.2) is 99.3 Å². The van der Waals surface area contributed by atoms with E-state index < -0.39 is 0 Å². The maximum absolute atomic E-state index is 11.0. The van der Waals surface area contributed by atoms with Crippen LogP contribution in [0.25, 0.3) is 27.3 Å². The van der Waals surface area contributed by atoms with Crippen LogP contribution in [-0.4, -0.2) is 35.0 Å². The Morgan fingerprint density at radius 2 is 1.40 bits per heavy atom. The van der Waals surface area contributed by atoms with Crippen molar-refractivity contribution in [3.05, 3.63) is 95.7 Å². The molecule has 0 radical (unpaired) electrons. The maximum Gasteiger partial charge on any atom is 1.00 e. The van der Waals surface area contributed by atoms with Crippen molar-refractivity contribution >= 4 is 50.0 Å². The topological polar surface area (TPSA) is 146 Å². The zero-order valence-corrected chi connectivity index (χ0v) is 25.2. The molecule has 226 valence electrons. The predicted molar refractivity (Wildman–Crippen MR) is 171 cm³/mol. The van der Waals surface area contributed by atoms with Gasteiger partial charge in [-0.05, 0) is 84.5 Å². The van der Waals surface area contributed by atoms with Crippen molar-refractivity contribution in [2.45, 2.75) is 27.2 Å². The number of nitrogens with zero attached hydrogens (tertiary/aromatic N) is 4. The number of aliphatic hydroxyl groups excluding tert-OH is 1. The van der Waals surface area contributed by atoms with Crippen molar-refractivity contribution < 1.29 is 32.4 Å². The number of phenols is 2. The first-order valence-electron chi connectivity index (χ1n) is 13.8. The zero-order valence-electron chi connectivity index (χ0n) is 24.3. The average molecular weight is 627 g/mol. The van der Waals surface area contributed by atoms with Crippen molar-refractivity contribution in [3.63, 3.8) is 0 Å². The summed E-state index contributed by atoms with van der Waals surface area (Å²) in [7, 11) is 0. The zero-order chi connectivity index (χ0) is 30.1. The van der Waals surface area contributed by atoms with Gasteiger partial charge in [-0.15, -0.1) is 16.8 Å². The second kappa shape index (κ2) is 15.8. The summed E-state index contributed by atoms with van der Waals surface area (Å²) in [6.07, 6.45) is 1.00. The summed E-state index contributed by atoms with van der Waals surface area (Å²) in [5.41, 5.74) is 11.0. The largest absolute Gasteiger partial charge is 1.00 e. The van der Waals surface area contributed by atoms with Gasteiger partial charge in [0.2, 0.25) is 0 Å². The molecule has 5 aromatic carbocycles. The van der Waals surface area contributed by atoms with Gasteiger partial charge in [0.15, 0.2) is 5.75 Å². The van der Waals surface area contributed by atoms with Crippen LogP contribution < -0.4 is 5.32 Å². The number of aliphatic hydroxyl groups is 1. The summed E-state index contributed by atoms with van der Waals surface area (Å²) in [6, 6.07) is 24.8. The van der Waals surface area contributed by atoms with E-state index in [-0.39, 0.29) is 47.4 Å². The molecule has 0 aliphatic carbocycles. The van der Waals surface area contributed by atoms with Crippen molar-refractivity contribution in [1.29, 1.82) is 0 Å². The third kappa shape index (κ3) is 8.59. The van der Waals surface area contributed by atoms with Crippen LogP contribution in [0.3, 0.4) is 0 Å². The molecule has 0 aliphatic rings. The van der Waals surface area contributed by atoms with E-state index in [1.165, 1.54) is 11.6 Å². The first-order chi connectivity index (χ1) is 20.3. The van der Waals surface area contributed by atoms with Crippen LogP contribution in [-0.2, 0) is 17.1 Å². The number of hydrogen-bond donors (Lipinski definition) is 4. The molecule has 5 rings (SSSR count). The maximum atomic E-state index is 11.0. The van der Waals surface area contributed by atoms with Crippen LogP contribution in [0.5, 0.6) is 11.5 Å². The van der Waals surface area contributed by atoms with Gasteiger partial charge in [-0.2, -0.15) is 10.2 Å². The number of aromatic hydroxyl groups is 2. The van der Waals surface area contributed by atoms with Crippen LogP contribution in [0, 0.1) is 13.8 Å². The molecular formula is C33H35CuN6O3. The van der Waals surface area contributed by atoms with Gasteiger partial charge in [0, 0.05) is 30.3 Å². The van der Waals surface area contributed by atoms with E-state index in [1.54, 1.807) is 12.1 Å². The number of anilines is 1. The van der Waals surface area contributed by atoms with Crippen molar-refractivity contribution in [1.82, 2.24) is 0 Å². The summed E-state index contributed by atoms with van der Waals surface area (Å²) in [5.74, 6) is -0.0254. The van der Waals surface area contributed by atoms with Crippen molar-refractivity contribution in [2.75, 3.05) is 25.0 Å². The van der Waals surface area contributed by atoms with E-state index in [2.05, 4.69) is 57.8 Å². The smallest absolute Gasteiger partial charge is 0.676 e. The van der Waals surface area contributed by atoms with Gasteiger partial charge in [0.25, 0.3) is 0 Å². The number of benzene rings is 5. The molecule has 0 heterocycles. The molecule has 0 saturated carbocycles. The number of hydrogen-bond acceptors (Lipinski definition) is 8. The first kappa shape index (κ1) is 33.2. The molecule has 0 atom stereocenters. The predicted octanol–water partition coefficient (Wildman–Crippen LogP) is 9.70. The third-order valence-corrected chi connectivity index (χ3v) is 6.45. The summed E-state index contributed by atoms with van der Waals surface area (Å²) in [4.78, 5) is 0. The Hall–Kier alpha value is -4.34. The summed E-state index contributed by atoms with van der Waals surface area (Å²) in [6.45, 7) is 7.00. The number of azo groups is 2. The van der Waals surface area contributed by atoms with E-state index in [0.717, 1.165) is 46.1 Å². The Morgan fingerprint density at radius 3 is 2.09 bits per heavy atom. The fourth-order valence-corrected chi connectivity index (χ4v) is 4.30. The monoisotopic (exact) mass is 626 g/mol. The molecule has 0 fully saturated rings. The normalized spacial score (nSPS) is 11.1. The van der Waals surface area contributed by atoms with Gasteiger partial charge in [-0.3, -0.25) is 0 Å². The molecule has 0 saturated heterocycles. The standard InChI is InChI=1S/C31H29N5O2.C2H6NO.Cu/c1-4-13-32-24-9-8-23-15-20(3)30(31(38)27(23)17-24)36-35-28-12-11-26(18-29(28)37)34-33-25-10-7-21-14-19(2)5-6-22(21)16-25;3-1-2-4;/h5-12,14-18,32,37-38H,4,13H2,1-3H3;3-4H,1-2H2;/q;-1;+1. The van der Waals surface area contributed by atoms with Gasteiger partial charge < -0.3 is 26.4 Å². The number of rotatable bonds is 8. The van der Waals surface area contributed by atoms with E-state index in [9.17, 15) is 10.2 Å². The summed E-state index contributed by atoms with van der Waals surface area (Å²) < 4.78 is 0. The Labute approximate surface area is 261 Å². The van der Waals surface area contributed by atoms with Crippen LogP contribution in [0.2, 0.25) is 0 Å². The first-order valence-corrected chi connectivity index (χ1v) is 13.8. The molecule has 5 N–H and O–H groups in total. The molecule has 43 heavy (non-hydrogen) atoms. The minimum atomic E-state index is -0.0804. The number of nitrogens with one attached hydrogen (secondary N) is 2. The fraction of sp³-hybridized carbons (Fsp3) is 0.212. The van der Waals surface area contributed by atoms with E-state index in [0.29, 0.717) is 16.8 Å². The second-order valence-corrected chi connectivity index (χ2v) is 9.83. The molecule has 10 heteroatoms. The molecule has 9 nitrogen and oxygen atoms in total. The van der Waals surface area contributed by atoms with E-state index in [1.807, 2.05) is 49.4 Å². The average Bonchev–Trinajstić information content (AvgIpc) is 3.00. The second-order valence-electron chi connectivity index (χ2n) is 9.83. The van der Waals surface area contributed by atoms with E-state index >= 15 is 0 Å². The van der Waals surface area contributed by atoms with Gasteiger partial charge in [-0.25, -0.2) is 0 Å². The molecule has 0 unspecified atom stereocenters. The van der Waals surface area contributed by atoms with Crippen LogP contribution in [0.1, 0.15) is 24.5 Å².